The smallest absolute Gasteiger partial charge is 0.158 e. The van der Waals surface area contributed by atoms with Crippen molar-refractivity contribution >= 4 is 33.9 Å². The van der Waals surface area contributed by atoms with Crippen LogP contribution in [0.3, 0.4) is 0 Å². The Bertz CT molecular complexity index is 321. The number of hydrogen-bond donors (Lipinski definition) is 0. The largest absolute Gasteiger partial charge is 0.358 e. The molecule has 0 aromatic heterocycles. The third-order valence-electron chi connectivity index (χ3n) is 3.65. The van der Waals surface area contributed by atoms with E-state index >= 15 is 0 Å². The van der Waals surface area contributed by atoms with Gasteiger partial charge in [0.1, 0.15) is 0 Å². The van der Waals surface area contributed by atoms with Crippen molar-refractivity contribution in [1.82, 2.24) is 9.80 Å². The first-order valence-corrected chi connectivity index (χ1v) is 11.0. The highest BCUT2D eigenvalue weighted by atomic mass is 32.2. The number of nitrogens with zero attached hydrogens (tertiary/aromatic N) is 4. The van der Waals surface area contributed by atoms with E-state index in [2.05, 4.69) is 48.0 Å². The van der Waals surface area contributed by atoms with Crippen LogP contribution in [0.5, 0.6) is 0 Å². The topological polar surface area (TPSA) is 31.2 Å². The molecule has 0 atom stereocenters. The molecular formula is C18H38N4S2. The molecule has 0 aliphatic carbocycles. The van der Waals surface area contributed by atoms with Gasteiger partial charge in [0.05, 0.1) is 0 Å². The molecule has 0 aromatic carbocycles. The van der Waals surface area contributed by atoms with E-state index in [1.165, 1.54) is 62.9 Å². The Labute approximate surface area is 158 Å². The Kier molecular flexibility index (Phi) is 15.9. The maximum Gasteiger partial charge on any atom is 0.158 e. The molecule has 0 aliphatic rings. The van der Waals surface area contributed by atoms with Crippen molar-refractivity contribution < 1.29 is 0 Å². The summed E-state index contributed by atoms with van der Waals surface area (Å²) in [6.07, 6.45) is 10.8. The van der Waals surface area contributed by atoms with E-state index in [4.69, 9.17) is 0 Å². The van der Waals surface area contributed by atoms with E-state index in [9.17, 15) is 0 Å². The zero-order chi connectivity index (χ0) is 18.2. The lowest BCUT2D eigenvalue weighted by Gasteiger charge is -2.14. The highest BCUT2D eigenvalue weighted by Crippen LogP contribution is 2.15. The monoisotopic (exact) mass is 374 g/mol. The highest BCUT2D eigenvalue weighted by molar-refractivity contribution is 8.14. The van der Waals surface area contributed by atoms with E-state index in [1.807, 2.05) is 37.6 Å². The van der Waals surface area contributed by atoms with Crippen LogP contribution in [0.15, 0.2) is 9.98 Å². The fourth-order valence-corrected chi connectivity index (χ4v) is 4.22. The molecule has 0 aromatic rings. The molecular weight excluding hydrogens is 336 g/mol. The van der Waals surface area contributed by atoms with Crippen LogP contribution in [-0.4, -0.2) is 73.9 Å². The standard InChI is InChI=1S/C18H38N4S2/c1-19-17(21(3)4)23-15-13-11-9-7-8-10-12-14-16-24-18(20-2)22(5)6/h7-16H2,1-6H3. The average Bonchev–Trinajstić information content (AvgIpc) is 2.54. The first-order chi connectivity index (χ1) is 11.5. The van der Waals surface area contributed by atoms with E-state index in [0.29, 0.717) is 0 Å². The number of amidine groups is 2. The summed E-state index contributed by atoms with van der Waals surface area (Å²) >= 11 is 3.75. The quantitative estimate of drug-likeness (QED) is 0.299. The minimum Gasteiger partial charge on any atom is -0.358 e. The number of aliphatic imine (C=N–C) groups is 2. The molecule has 4 nitrogen and oxygen atoms in total. The summed E-state index contributed by atoms with van der Waals surface area (Å²) < 4.78 is 0. The van der Waals surface area contributed by atoms with E-state index in [0.717, 1.165) is 10.3 Å². The molecule has 6 heteroatoms. The SMILES string of the molecule is CN=C(SCCCCCCCCCCSC(=NC)N(C)C)N(C)C. The van der Waals surface area contributed by atoms with Gasteiger partial charge in [0, 0.05) is 53.8 Å². The van der Waals surface area contributed by atoms with Gasteiger partial charge in [-0.15, -0.1) is 0 Å². The van der Waals surface area contributed by atoms with Crippen LogP contribution in [0.25, 0.3) is 0 Å². The van der Waals surface area contributed by atoms with Gasteiger partial charge < -0.3 is 9.80 Å². The van der Waals surface area contributed by atoms with Crippen molar-refractivity contribution in [3.63, 3.8) is 0 Å². The highest BCUT2D eigenvalue weighted by Gasteiger charge is 2.02. The third kappa shape index (κ3) is 13.0. The van der Waals surface area contributed by atoms with Crippen LogP contribution in [0.2, 0.25) is 0 Å². The summed E-state index contributed by atoms with van der Waals surface area (Å²) in [6, 6.07) is 0. The summed E-state index contributed by atoms with van der Waals surface area (Å²) in [5.41, 5.74) is 0. The van der Waals surface area contributed by atoms with Crippen molar-refractivity contribution in [2.45, 2.75) is 51.4 Å². The van der Waals surface area contributed by atoms with Gasteiger partial charge in [0.15, 0.2) is 10.3 Å². The molecule has 0 amide bonds. The van der Waals surface area contributed by atoms with Gasteiger partial charge in [-0.2, -0.15) is 0 Å². The molecule has 0 fully saturated rings. The van der Waals surface area contributed by atoms with E-state index in [1.54, 1.807) is 0 Å². The Morgan fingerprint density at radius 3 is 1.12 bits per heavy atom. The second-order valence-electron chi connectivity index (χ2n) is 6.33. The van der Waals surface area contributed by atoms with Crippen molar-refractivity contribution in [3.05, 3.63) is 0 Å². The number of unbranched alkanes of at least 4 members (excludes halogenated alkanes) is 7. The minimum atomic E-state index is 1.14. The predicted octanol–water partition coefficient (Wildman–Crippen LogP) is 4.67. The van der Waals surface area contributed by atoms with Gasteiger partial charge in [-0.05, 0) is 12.8 Å². The van der Waals surface area contributed by atoms with Gasteiger partial charge in [-0.25, -0.2) is 0 Å². The molecule has 0 saturated heterocycles. The molecule has 0 N–H and O–H groups in total. The van der Waals surface area contributed by atoms with Gasteiger partial charge in [-0.1, -0.05) is 62.0 Å². The molecule has 0 spiro atoms. The van der Waals surface area contributed by atoms with Crippen molar-refractivity contribution in [3.8, 4) is 0 Å². The maximum atomic E-state index is 4.29. The Balaban J connectivity index is 3.35. The van der Waals surface area contributed by atoms with Crippen LogP contribution in [0.1, 0.15) is 51.4 Å². The molecule has 0 bridgehead atoms. The van der Waals surface area contributed by atoms with Gasteiger partial charge >= 0.3 is 0 Å². The number of thioether (sulfide) groups is 2. The zero-order valence-electron chi connectivity index (χ0n) is 16.7. The van der Waals surface area contributed by atoms with E-state index < -0.39 is 0 Å². The van der Waals surface area contributed by atoms with Crippen molar-refractivity contribution in [2.75, 3.05) is 53.8 Å². The van der Waals surface area contributed by atoms with Crippen LogP contribution in [-0.2, 0) is 0 Å². The minimum absolute atomic E-state index is 1.14. The lowest BCUT2D eigenvalue weighted by atomic mass is 10.1. The summed E-state index contributed by atoms with van der Waals surface area (Å²) in [7, 11) is 12.0. The first-order valence-electron chi connectivity index (χ1n) is 9.06. The Morgan fingerprint density at radius 1 is 0.583 bits per heavy atom. The molecule has 0 saturated carbocycles. The second kappa shape index (κ2) is 16.1. The van der Waals surface area contributed by atoms with E-state index in [-0.39, 0.29) is 0 Å². The first kappa shape index (κ1) is 23.6. The van der Waals surface area contributed by atoms with Crippen LogP contribution in [0.4, 0.5) is 0 Å². The molecule has 0 heterocycles. The normalized spacial score (nSPS) is 12.6. The van der Waals surface area contributed by atoms with Gasteiger partial charge in [0.2, 0.25) is 0 Å². The molecule has 0 aliphatic heterocycles. The number of hydrogen-bond acceptors (Lipinski definition) is 4. The zero-order valence-corrected chi connectivity index (χ0v) is 18.3. The van der Waals surface area contributed by atoms with Crippen molar-refractivity contribution in [1.29, 1.82) is 0 Å². The lowest BCUT2D eigenvalue weighted by molar-refractivity contribution is 0.587. The molecule has 0 rings (SSSR count). The summed E-state index contributed by atoms with van der Waals surface area (Å²) in [5.74, 6) is 2.38. The summed E-state index contributed by atoms with van der Waals surface area (Å²) in [4.78, 5) is 12.8. The van der Waals surface area contributed by atoms with Gasteiger partial charge in [-0.3, -0.25) is 9.98 Å². The Morgan fingerprint density at radius 2 is 0.875 bits per heavy atom. The third-order valence-corrected chi connectivity index (χ3v) is 6.25. The Hall–Kier alpha value is -0.360. The fourth-order valence-electron chi connectivity index (χ4n) is 2.38. The molecule has 24 heavy (non-hydrogen) atoms. The predicted molar refractivity (Wildman–Crippen MR) is 116 cm³/mol. The van der Waals surface area contributed by atoms with Crippen LogP contribution >= 0.6 is 23.5 Å². The average molecular weight is 375 g/mol. The lowest BCUT2D eigenvalue weighted by Crippen LogP contribution is -2.18. The van der Waals surface area contributed by atoms with Crippen molar-refractivity contribution in [2.24, 2.45) is 9.98 Å². The molecule has 0 radical (unpaired) electrons. The fraction of sp³-hybridized carbons (Fsp3) is 0.889. The summed E-state index contributed by atoms with van der Waals surface area (Å²) in [6.45, 7) is 0. The molecule has 142 valence electrons. The molecule has 0 unspecified atom stereocenters. The maximum absolute atomic E-state index is 4.29. The summed E-state index contributed by atoms with van der Waals surface area (Å²) in [5, 5.41) is 2.27. The second-order valence-corrected chi connectivity index (χ2v) is 8.45. The number of rotatable bonds is 11. The van der Waals surface area contributed by atoms with Gasteiger partial charge in [0.25, 0.3) is 0 Å². The van der Waals surface area contributed by atoms with Crippen LogP contribution in [0, 0.1) is 0 Å². The van der Waals surface area contributed by atoms with Crippen LogP contribution < -0.4 is 0 Å².